The zero-order valence-corrected chi connectivity index (χ0v) is 15.9. The molecule has 1 amide bonds. The van der Waals surface area contributed by atoms with Crippen molar-refractivity contribution in [2.45, 2.75) is 18.9 Å². The zero-order chi connectivity index (χ0) is 19.9. The summed E-state index contributed by atoms with van der Waals surface area (Å²) in [5.74, 6) is -1.19. The van der Waals surface area contributed by atoms with Crippen LogP contribution >= 0.6 is 11.8 Å². The minimum atomic E-state index is -1.09. The highest BCUT2D eigenvalue weighted by atomic mass is 32.2. The van der Waals surface area contributed by atoms with Gasteiger partial charge in [-0.1, -0.05) is 60.3 Å². The highest BCUT2D eigenvalue weighted by molar-refractivity contribution is 8.14. The number of para-hydroxylation sites is 1. The molecule has 0 saturated heterocycles. The van der Waals surface area contributed by atoms with Crippen molar-refractivity contribution in [2.75, 3.05) is 5.75 Å². The Labute approximate surface area is 166 Å². The number of hydrogen-bond donors (Lipinski definition) is 3. The van der Waals surface area contributed by atoms with Gasteiger partial charge in [-0.05, 0) is 11.6 Å². The van der Waals surface area contributed by atoms with Gasteiger partial charge in [-0.15, -0.1) is 0 Å². The third kappa shape index (κ3) is 5.01. The Hall–Kier alpha value is -3.06. The number of rotatable bonds is 8. The molecule has 3 N–H and O–H groups in total. The Bertz CT molecular complexity index is 984. The summed E-state index contributed by atoms with van der Waals surface area (Å²) in [5, 5.41) is 12.9. The molecule has 28 heavy (non-hydrogen) atoms. The molecule has 144 valence electrons. The summed E-state index contributed by atoms with van der Waals surface area (Å²) >= 11 is 1.05. The van der Waals surface area contributed by atoms with Crippen molar-refractivity contribution < 1.29 is 19.5 Å². The lowest BCUT2D eigenvalue weighted by molar-refractivity contribution is -0.141. The van der Waals surface area contributed by atoms with Gasteiger partial charge in [-0.25, -0.2) is 4.79 Å². The van der Waals surface area contributed by atoms with E-state index in [0.29, 0.717) is 11.3 Å². The number of carbonyl (C=O) groups excluding carboxylic acids is 2. The topological polar surface area (TPSA) is 99.3 Å². The maximum atomic E-state index is 12.2. The van der Waals surface area contributed by atoms with Crippen molar-refractivity contribution in [1.29, 1.82) is 0 Å². The summed E-state index contributed by atoms with van der Waals surface area (Å²) in [6, 6.07) is 15.4. The molecule has 2 aromatic carbocycles. The Morgan fingerprint density at radius 1 is 1.04 bits per heavy atom. The summed E-state index contributed by atoms with van der Waals surface area (Å²) in [7, 11) is 0. The van der Waals surface area contributed by atoms with E-state index in [4.69, 9.17) is 0 Å². The molecule has 0 aliphatic heterocycles. The van der Waals surface area contributed by atoms with Gasteiger partial charge in [0.15, 0.2) is 0 Å². The maximum Gasteiger partial charge on any atom is 0.326 e. The monoisotopic (exact) mass is 396 g/mol. The molecule has 1 atom stereocenters. The number of aliphatic carboxylic acids is 1. The first-order valence-corrected chi connectivity index (χ1v) is 9.82. The van der Waals surface area contributed by atoms with Gasteiger partial charge in [0.2, 0.25) is 11.0 Å². The Kier molecular flexibility index (Phi) is 6.49. The van der Waals surface area contributed by atoms with Gasteiger partial charge in [-0.3, -0.25) is 9.59 Å². The van der Waals surface area contributed by atoms with Crippen molar-refractivity contribution >= 4 is 39.7 Å². The van der Waals surface area contributed by atoms with Crippen LogP contribution in [-0.2, 0) is 16.0 Å². The van der Waals surface area contributed by atoms with E-state index < -0.39 is 12.0 Å². The fourth-order valence-electron chi connectivity index (χ4n) is 2.88. The number of thioether (sulfide) groups is 1. The lowest BCUT2D eigenvalue weighted by atomic mass is 10.0. The first-order valence-electron chi connectivity index (χ1n) is 8.84. The second-order valence-electron chi connectivity index (χ2n) is 6.27. The molecule has 0 bridgehead atoms. The molecule has 3 aromatic rings. The lowest BCUT2D eigenvalue weighted by Crippen LogP contribution is -2.42. The van der Waals surface area contributed by atoms with E-state index in [0.717, 1.165) is 28.2 Å². The molecule has 1 heterocycles. The molecule has 0 fully saturated rings. The number of fused-ring (bicyclic) bond motifs is 1. The molecule has 0 spiro atoms. The average molecular weight is 396 g/mol. The first-order chi connectivity index (χ1) is 13.5. The number of benzene rings is 2. The van der Waals surface area contributed by atoms with Crippen molar-refractivity contribution in [3.05, 3.63) is 71.9 Å². The number of H-pyrrole nitrogens is 1. The standard InChI is InChI=1S/C21H20N2O4S/c24-19(10-11-28-21(27)14-6-2-1-3-7-14)23-18(20(25)26)12-15-13-22-17-9-5-4-8-16(15)17/h1-9,13,18,22H,10-12H2,(H,23,24)(H,25,26). The summed E-state index contributed by atoms with van der Waals surface area (Å²) in [5.41, 5.74) is 2.33. The maximum absolute atomic E-state index is 12.2. The third-order valence-electron chi connectivity index (χ3n) is 4.30. The van der Waals surface area contributed by atoms with Crippen LogP contribution in [0.25, 0.3) is 10.9 Å². The number of carboxylic acids is 1. The molecule has 7 heteroatoms. The second-order valence-corrected chi connectivity index (χ2v) is 7.34. The number of amides is 1. The molecular formula is C21H20N2O4S. The van der Waals surface area contributed by atoms with E-state index in [-0.39, 0.29) is 23.9 Å². The molecular weight excluding hydrogens is 376 g/mol. The van der Waals surface area contributed by atoms with Crippen LogP contribution in [0.15, 0.2) is 60.8 Å². The van der Waals surface area contributed by atoms with Crippen molar-refractivity contribution in [1.82, 2.24) is 10.3 Å². The first kappa shape index (κ1) is 19.7. The van der Waals surface area contributed by atoms with Crippen molar-refractivity contribution in [3.63, 3.8) is 0 Å². The number of nitrogens with one attached hydrogen (secondary N) is 2. The van der Waals surface area contributed by atoms with E-state index in [1.54, 1.807) is 30.5 Å². The number of carbonyl (C=O) groups is 3. The molecule has 1 unspecified atom stereocenters. The number of aromatic amines is 1. The van der Waals surface area contributed by atoms with Crippen LogP contribution in [0.3, 0.4) is 0 Å². The number of aromatic nitrogens is 1. The Morgan fingerprint density at radius 3 is 2.50 bits per heavy atom. The number of hydrogen-bond acceptors (Lipinski definition) is 4. The SMILES string of the molecule is O=C(CCSC(=O)c1ccccc1)NC(Cc1c[nH]c2ccccc12)C(=O)O. The molecule has 1 aromatic heterocycles. The van der Waals surface area contributed by atoms with Gasteiger partial charge in [0.1, 0.15) is 6.04 Å². The summed E-state index contributed by atoms with van der Waals surface area (Å²) in [4.78, 5) is 38.9. The highest BCUT2D eigenvalue weighted by Crippen LogP contribution is 2.19. The van der Waals surface area contributed by atoms with Gasteiger partial charge < -0.3 is 15.4 Å². The molecule has 0 radical (unpaired) electrons. The Morgan fingerprint density at radius 2 is 1.75 bits per heavy atom. The van der Waals surface area contributed by atoms with Gasteiger partial charge >= 0.3 is 5.97 Å². The number of carboxylic acid groups (broad SMARTS) is 1. The normalized spacial score (nSPS) is 11.9. The van der Waals surface area contributed by atoms with E-state index in [1.807, 2.05) is 30.3 Å². The van der Waals surface area contributed by atoms with Crippen molar-refractivity contribution in [3.8, 4) is 0 Å². The quantitative estimate of drug-likeness (QED) is 0.543. The van der Waals surface area contributed by atoms with E-state index in [2.05, 4.69) is 10.3 Å². The highest BCUT2D eigenvalue weighted by Gasteiger charge is 2.22. The second kappa shape index (κ2) is 9.23. The molecule has 0 saturated carbocycles. The van der Waals surface area contributed by atoms with Gasteiger partial charge in [0.25, 0.3) is 0 Å². The fourth-order valence-corrected chi connectivity index (χ4v) is 3.66. The predicted molar refractivity (Wildman–Crippen MR) is 109 cm³/mol. The van der Waals surface area contributed by atoms with Crippen LogP contribution < -0.4 is 5.32 Å². The van der Waals surface area contributed by atoms with Crippen LogP contribution in [-0.4, -0.2) is 38.9 Å². The lowest BCUT2D eigenvalue weighted by Gasteiger charge is -2.14. The largest absolute Gasteiger partial charge is 0.480 e. The average Bonchev–Trinajstić information content (AvgIpc) is 3.11. The Balaban J connectivity index is 1.53. The molecule has 3 rings (SSSR count). The summed E-state index contributed by atoms with van der Waals surface area (Å²) in [6.45, 7) is 0. The van der Waals surface area contributed by atoms with Gasteiger partial charge in [-0.2, -0.15) is 0 Å². The predicted octanol–water partition coefficient (Wildman–Crippen LogP) is 3.24. The van der Waals surface area contributed by atoms with Gasteiger partial charge in [0.05, 0.1) is 0 Å². The smallest absolute Gasteiger partial charge is 0.326 e. The van der Waals surface area contributed by atoms with Crippen LogP contribution in [0.5, 0.6) is 0 Å². The van der Waals surface area contributed by atoms with E-state index in [1.165, 1.54) is 0 Å². The minimum absolute atomic E-state index is 0.0703. The van der Waals surface area contributed by atoms with E-state index in [9.17, 15) is 19.5 Å². The minimum Gasteiger partial charge on any atom is -0.480 e. The molecule has 0 aliphatic rings. The van der Waals surface area contributed by atoms with Crippen LogP contribution in [0.2, 0.25) is 0 Å². The zero-order valence-electron chi connectivity index (χ0n) is 15.1. The van der Waals surface area contributed by atoms with Crippen LogP contribution in [0.1, 0.15) is 22.3 Å². The van der Waals surface area contributed by atoms with Crippen LogP contribution in [0, 0.1) is 0 Å². The summed E-state index contributed by atoms with van der Waals surface area (Å²) in [6.07, 6.45) is 2.02. The third-order valence-corrected chi connectivity index (χ3v) is 5.21. The van der Waals surface area contributed by atoms with Gasteiger partial charge in [0, 0.05) is 41.3 Å². The van der Waals surface area contributed by atoms with Crippen molar-refractivity contribution in [2.24, 2.45) is 0 Å². The van der Waals surface area contributed by atoms with E-state index >= 15 is 0 Å². The summed E-state index contributed by atoms with van der Waals surface area (Å²) < 4.78 is 0. The van der Waals surface area contributed by atoms with Crippen LogP contribution in [0.4, 0.5) is 0 Å². The fraction of sp³-hybridized carbons (Fsp3) is 0.190. The molecule has 6 nitrogen and oxygen atoms in total. The molecule has 0 aliphatic carbocycles.